The van der Waals surface area contributed by atoms with Gasteiger partial charge in [-0.3, -0.25) is 19.7 Å². The Hall–Kier alpha value is -2.09. The maximum absolute atomic E-state index is 12.2. The van der Waals surface area contributed by atoms with Crippen molar-refractivity contribution in [3.8, 4) is 0 Å². The van der Waals surface area contributed by atoms with E-state index in [1.54, 1.807) is 26.0 Å². The molecule has 0 radical (unpaired) electrons. The highest BCUT2D eigenvalue weighted by atomic mass is 32.2. The molecule has 142 valence electrons. The largest absolute Gasteiger partial charge is 0.452 e. The van der Waals surface area contributed by atoms with Crippen molar-refractivity contribution in [2.45, 2.75) is 68.2 Å². The molecule has 0 aromatic heterocycles. The number of hydrogen-bond acceptors (Lipinski definition) is 6. The van der Waals surface area contributed by atoms with Gasteiger partial charge in [0, 0.05) is 23.1 Å². The number of esters is 1. The second kappa shape index (κ2) is 9.56. The quantitative estimate of drug-likeness (QED) is 0.337. The van der Waals surface area contributed by atoms with Crippen LogP contribution in [-0.4, -0.2) is 34.2 Å². The van der Waals surface area contributed by atoms with Crippen LogP contribution in [0.25, 0.3) is 0 Å². The van der Waals surface area contributed by atoms with Gasteiger partial charge in [0.25, 0.3) is 11.6 Å². The van der Waals surface area contributed by atoms with E-state index < -0.39 is 22.2 Å². The van der Waals surface area contributed by atoms with Gasteiger partial charge in [-0.05, 0) is 38.8 Å². The summed E-state index contributed by atoms with van der Waals surface area (Å²) in [5.41, 5.74) is -0.00224. The van der Waals surface area contributed by atoms with Gasteiger partial charge in [-0.15, -0.1) is 11.8 Å². The lowest BCUT2D eigenvalue weighted by atomic mass is 9.95. The van der Waals surface area contributed by atoms with Crippen LogP contribution in [0.1, 0.15) is 46.0 Å². The normalized spacial score (nSPS) is 17.2. The first-order valence-corrected chi connectivity index (χ1v) is 9.66. The highest BCUT2D eigenvalue weighted by Gasteiger charge is 2.25. The van der Waals surface area contributed by atoms with Crippen molar-refractivity contribution in [3.05, 3.63) is 34.4 Å². The molecule has 0 aliphatic heterocycles. The van der Waals surface area contributed by atoms with Crippen LogP contribution < -0.4 is 5.32 Å². The summed E-state index contributed by atoms with van der Waals surface area (Å²) >= 11 is 1.23. The van der Waals surface area contributed by atoms with E-state index in [4.69, 9.17) is 4.74 Å². The summed E-state index contributed by atoms with van der Waals surface area (Å²) in [5.74, 6) is -0.752. The van der Waals surface area contributed by atoms with Gasteiger partial charge < -0.3 is 10.1 Å². The van der Waals surface area contributed by atoms with Crippen LogP contribution in [0.15, 0.2) is 29.2 Å². The van der Waals surface area contributed by atoms with Gasteiger partial charge in [-0.25, -0.2) is 0 Å². The van der Waals surface area contributed by atoms with Crippen LogP contribution in [0.3, 0.4) is 0 Å². The predicted octanol–water partition coefficient (Wildman–Crippen LogP) is 3.46. The molecule has 26 heavy (non-hydrogen) atoms. The Morgan fingerprint density at radius 2 is 1.81 bits per heavy atom. The third-order valence-corrected chi connectivity index (χ3v) is 5.40. The number of rotatable bonds is 7. The number of hydrogen-bond donors (Lipinski definition) is 1. The van der Waals surface area contributed by atoms with Gasteiger partial charge in [0.15, 0.2) is 6.10 Å². The number of carbonyl (C=O) groups excluding carboxylic acids is 2. The highest BCUT2D eigenvalue weighted by Crippen LogP contribution is 2.26. The maximum atomic E-state index is 12.2. The molecule has 2 atom stereocenters. The Morgan fingerprint density at radius 3 is 2.38 bits per heavy atom. The van der Waals surface area contributed by atoms with E-state index in [0.29, 0.717) is 0 Å². The SMILES string of the molecule is C[C@H](Sc1ccc([N+](=O)[O-])cc1)C(=O)O[C@H](C)C(=O)NC1CCCCC1. The Labute approximate surface area is 157 Å². The molecule has 1 N–H and O–H groups in total. The first-order chi connectivity index (χ1) is 12.4. The van der Waals surface area contributed by atoms with Crippen LogP contribution in [-0.2, 0) is 14.3 Å². The fraction of sp³-hybridized carbons (Fsp3) is 0.556. The van der Waals surface area contributed by atoms with E-state index >= 15 is 0 Å². The van der Waals surface area contributed by atoms with Gasteiger partial charge >= 0.3 is 5.97 Å². The van der Waals surface area contributed by atoms with Gasteiger partial charge in [-0.1, -0.05) is 19.3 Å². The van der Waals surface area contributed by atoms with Crippen molar-refractivity contribution in [2.75, 3.05) is 0 Å². The molecule has 8 heteroatoms. The van der Waals surface area contributed by atoms with E-state index in [0.717, 1.165) is 30.6 Å². The lowest BCUT2D eigenvalue weighted by molar-refractivity contribution is -0.384. The number of amides is 1. The molecule has 7 nitrogen and oxygen atoms in total. The van der Waals surface area contributed by atoms with E-state index in [1.807, 2.05) is 0 Å². The first-order valence-electron chi connectivity index (χ1n) is 8.79. The van der Waals surface area contributed by atoms with Crippen LogP contribution in [0.4, 0.5) is 5.69 Å². The molecule has 1 aromatic rings. The van der Waals surface area contributed by atoms with Crippen molar-refractivity contribution in [1.82, 2.24) is 5.32 Å². The molecule has 0 heterocycles. The fourth-order valence-corrected chi connectivity index (χ4v) is 3.64. The van der Waals surface area contributed by atoms with E-state index in [-0.39, 0.29) is 17.6 Å². The lowest BCUT2D eigenvalue weighted by Crippen LogP contribution is -2.43. The van der Waals surface area contributed by atoms with Crippen LogP contribution in [0, 0.1) is 10.1 Å². The molecule has 1 aliphatic rings. The first kappa shape index (κ1) is 20.2. The van der Waals surface area contributed by atoms with Gasteiger partial charge in [-0.2, -0.15) is 0 Å². The average molecular weight is 380 g/mol. The maximum Gasteiger partial charge on any atom is 0.319 e. The lowest BCUT2D eigenvalue weighted by Gasteiger charge is -2.24. The van der Waals surface area contributed by atoms with Crippen molar-refractivity contribution >= 4 is 29.3 Å². The number of nitro groups is 1. The van der Waals surface area contributed by atoms with Crippen LogP contribution >= 0.6 is 11.8 Å². The van der Waals surface area contributed by atoms with E-state index in [9.17, 15) is 19.7 Å². The zero-order valence-corrected chi connectivity index (χ0v) is 15.8. The molecule has 1 fully saturated rings. The number of nitrogens with one attached hydrogen (secondary N) is 1. The number of nitro benzene ring substituents is 1. The zero-order valence-electron chi connectivity index (χ0n) is 15.0. The Balaban J connectivity index is 1.81. The molecule has 1 aliphatic carbocycles. The molecule has 0 spiro atoms. The summed E-state index contributed by atoms with van der Waals surface area (Å²) < 4.78 is 5.27. The minimum Gasteiger partial charge on any atom is -0.452 e. The monoisotopic (exact) mass is 380 g/mol. The van der Waals surface area contributed by atoms with E-state index in [1.165, 1.54) is 30.3 Å². The third-order valence-electron chi connectivity index (χ3n) is 4.31. The number of non-ortho nitro benzene ring substituents is 1. The standard InChI is InChI=1S/C18H24N2O5S/c1-12(17(21)19-14-6-4-3-5-7-14)25-18(22)13(2)26-16-10-8-15(9-11-16)20(23)24/h8-14H,3-7H2,1-2H3,(H,19,21)/t12-,13+/m1/s1. The van der Waals surface area contributed by atoms with E-state index in [2.05, 4.69) is 5.32 Å². The van der Waals surface area contributed by atoms with Gasteiger partial charge in [0.1, 0.15) is 5.25 Å². The molecule has 0 bridgehead atoms. The molecular formula is C18H24N2O5S. The van der Waals surface area contributed by atoms with Crippen LogP contribution in [0.5, 0.6) is 0 Å². The summed E-state index contributed by atoms with van der Waals surface area (Å²) in [6.07, 6.45) is 4.53. The average Bonchev–Trinajstić information content (AvgIpc) is 2.62. The van der Waals surface area contributed by atoms with Gasteiger partial charge in [0.05, 0.1) is 4.92 Å². The smallest absolute Gasteiger partial charge is 0.319 e. The minimum absolute atomic E-state index is 0.00224. The van der Waals surface area contributed by atoms with Crippen LogP contribution in [0.2, 0.25) is 0 Å². The van der Waals surface area contributed by atoms with Crippen molar-refractivity contribution < 1.29 is 19.2 Å². The Kier molecular flexibility index (Phi) is 7.44. The van der Waals surface area contributed by atoms with Crippen molar-refractivity contribution in [2.24, 2.45) is 0 Å². The molecule has 2 rings (SSSR count). The number of benzene rings is 1. The number of thioether (sulfide) groups is 1. The second-order valence-corrected chi connectivity index (χ2v) is 7.85. The van der Waals surface area contributed by atoms with Gasteiger partial charge in [0.2, 0.25) is 0 Å². The fourth-order valence-electron chi connectivity index (χ4n) is 2.79. The van der Waals surface area contributed by atoms with Crippen molar-refractivity contribution in [1.29, 1.82) is 0 Å². The summed E-state index contributed by atoms with van der Waals surface area (Å²) in [6, 6.07) is 6.13. The number of nitrogens with zero attached hydrogens (tertiary/aromatic N) is 1. The topological polar surface area (TPSA) is 98.5 Å². The molecule has 1 aromatic carbocycles. The molecule has 0 saturated heterocycles. The molecular weight excluding hydrogens is 356 g/mol. The number of ether oxygens (including phenoxy) is 1. The summed E-state index contributed by atoms with van der Waals surface area (Å²) in [4.78, 5) is 35.3. The summed E-state index contributed by atoms with van der Waals surface area (Å²) in [5, 5.41) is 13.1. The molecule has 1 amide bonds. The molecule has 0 unspecified atom stereocenters. The summed E-state index contributed by atoms with van der Waals surface area (Å²) in [7, 11) is 0. The minimum atomic E-state index is -0.843. The van der Waals surface area contributed by atoms with Crippen molar-refractivity contribution in [3.63, 3.8) is 0 Å². The zero-order chi connectivity index (χ0) is 19.1. The Morgan fingerprint density at radius 1 is 1.19 bits per heavy atom. The third kappa shape index (κ3) is 6.01. The predicted molar refractivity (Wildman–Crippen MR) is 99.0 cm³/mol. The number of carbonyl (C=O) groups is 2. The Bertz CT molecular complexity index is 643. The summed E-state index contributed by atoms with van der Waals surface area (Å²) in [6.45, 7) is 3.25. The highest BCUT2D eigenvalue weighted by molar-refractivity contribution is 8.00. The molecule has 1 saturated carbocycles. The second-order valence-electron chi connectivity index (χ2n) is 6.43.